The van der Waals surface area contributed by atoms with Gasteiger partial charge in [-0.15, -0.1) is 0 Å². The van der Waals surface area contributed by atoms with E-state index in [1.54, 1.807) is 19.1 Å². The van der Waals surface area contributed by atoms with Crippen LogP contribution in [0.1, 0.15) is 16.7 Å². The molecule has 0 radical (unpaired) electrons. The Labute approximate surface area is 134 Å². The van der Waals surface area contributed by atoms with Crippen LogP contribution in [0, 0.1) is 30.9 Å². The summed E-state index contributed by atoms with van der Waals surface area (Å²) in [6.07, 6.45) is 0. The van der Waals surface area contributed by atoms with Crippen molar-refractivity contribution in [2.45, 2.75) is 20.8 Å². The Balaban J connectivity index is 2.23. The van der Waals surface area contributed by atoms with Crippen molar-refractivity contribution in [2.24, 2.45) is 0 Å². The SMILES string of the molecule is Cc1cccc(NC(=S)Nc2c(C)cccc2[N+](=O)[O-])c1C. The van der Waals surface area contributed by atoms with E-state index in [0.717, 1.165) is 22.4 Å². The highest BCUT2D eigenvalue weighted by atomic mass is 32.1. The molecule has 2 rings (SSSR count). The Morgan fingerprint density at radius 3 is 2.36 bits per heavy atom. The molecule has 0 aromatic heterocycles. The van der Waals surface area contributed by atoms with Gasteiger partial charge >= 0.3 is 0 Å². The molecule has 0 unspecified atom stereocenters. The highest BCUT2D eigenvalue weighted by molar-refractivity contribution is 7.80. The van der Waals surface area contributed by atoms with Crippen molar-refractivity contribution in [3.05, 3.63) is 63.2 Å². The Morgan fingerprint density at radius 2 is 1.68 bits per heavy atom. The third-order valence-electron chi connectivity index (χ3n) is 3.54. The summed E-state index contributed by atoms with van der Waals surface area (Å²) < 4.78 is 0. The van der Waals surface area contributed by atoms with E-state index in [0.29, 0.717) is 10.8 Å². The fourth-order valence-corrected chi connectivity index (χ4v) is 2.33. The molecule has 2 aromatic rings. The first-order chi connectivity index (χ1) is 10.4. The van der Waals surface area contributed by atoms with Gasteiger partial charge in [-0.3, -0.25) is 10.1 Å². The summed E-state index contributed by atoms with van der Waals surface area (Å²) in [6.45, 7) is 5.82. The van der Waals surface area contributed by atoms with Crippen LogP contribution in [0.5, 0.6) is 0 Å². The zero-order valence-corrected chi connectivity index (χ0v) is 13.5. The second-order valence-electron chi connectivity index (χ2n) is 5.05. The molecular weight excluding hydrogens is 298 g/mol. The van der Waals surface area contributed by atoms with Crippen molar-refractivity contribution in [1.82, 2.24) is 0 Å². The minimum absolute atomic E-state index is 0.00474. The van der Waals surface area contributed by atoms with Gasteiger partial charge in [0.1, 0.15) is 5.69 Å². The standard InChI is InChI=1S/C16H17N3O2S/c1-10-6-4-8-13(12(10)3)17-16(22)18-15-11(2)7-5-9-14(15)19(20)21/h4-9H,1-3H3,(H2,17,18,22). The van der Waals surface area contributed by atoms with E-state index in [9.17, 15) is 10.1 Å². The molecule has 0 spiro atoms. The number of nitrogens with zero attached hydrogens (tertiary/aromatic N) is 1. The molecule has 0 heterocycles. The van der Waals surface area contributed by atoms with Crippen molar-refractivity contribution in [3.8, 4) is 0 Å². The molecular formula is C16H17N3O2S. The average molecular weight is 315 g/mol. The van der Waals surface area contributed by atoms with Crippen LogP contribution in [0.3, 0.4) is 0 Å². The highest BCUT2D eigenvalue weighted by Crippen LogP contribution is 2.28. The quantitative estimate of drug-likeness (QED) is 0.501. The van der Waals surface area contributed by atoms with Crippen LogP contribution < -0.4 is 10.6 Å². The number of rotatable bonds is 3. The molecule has 22 heavy (non-hydrogen) atoms. The Morgan fingerprint density at radius 1 is 1.05 bits per heavy atom. The summed E-state index contributed by atoms with van der Waals surface area (Å²) >= 11 is 5.28. The van der Waals surface area contributed by atoms with E-state index >= 15 is 0 Å². The maximum absolute atomic E-state index is 11.1. The average Bonchev–Trinajstić information content (AvgIpc) is 2.46. The molecule has 6 heteroatoms. The van der Waals surface area contributed by atoms with Gasteiger partial charge in [-0.2, -0.15) is 0 Å². The predicted octanol–water partition coefficient (Wildman–Crippen LogP) is 4.33. The van der Waals surface area contributed by atoms with Crippen LogP contribution in [-0.2, 0) is 0 Å². The zero-order valence-electron chi connectivity index (χ0n) is 12.6. The van der Waals surface area contributed by atoms with Crippen LogP contribution in [0.4, 0.5) is 17.1 Å². The fraction of sp³-hybridized carbons (Fsp3) is 0.188. The maximum Gasteiger partial charge on any atom is 0.293 e. The lowest BCUT2D eigenvalue weighted by atomic mass is 10.1. The molecule has 0 fully saturated rings. The van der Waals surface area contributed by atoms with Crippen molar-refractivity contribution < 1.29 is 4.92 Å². The number of nitro benzene ring substituents is 1. The van der Waals surface area contributed by atoms with E-state index in [4.69, 9.17) is 12.2 Å². The molecule has 2 N–H and O–H groups in total. The number of para-hydroxylation sites is 1. The second kappa shape index (κ2) is 6.53. The van der Waals surface area contributed by atoms with Gasteiger partial charge in [0.05, 0.1) is 4.92 Å². The number of hydrogen-bond donors (Lipinski definition) is 2. The van der Waals surface area contributed by atoms with Crippen molar-refractivity contribution >= 4 is 34.4 Å². The molecule has 5 nitrogen and oxygen atoms in total. The van der Waals surface area contributed by atoms with Crippen molar-refractivity contribution in [1.29, 1.82) is 0 Å². The summed E-state index contributed by atoms with van der Waals surface area (Å²) in [5, 5.41) is 17.5. The third kappa shape index (κ3) is 3.40. The first-order valence-corrected chi connectivity index (χ1v) is 7.19. The van der Waals surface area contributed by atoms with E-state index < -0.39 is 4.92 Å². The molecule has 0 atom stereocenters. The van der Waals surface area contributed by atoms with E-state index in [2.05, 4.69) is 10.6 Å². The fourth-order valence-electron chi connectivity index (χ4n) is 2.12. The van der Waals surface area contributed by atoms with Crippen LogP contribution >= 0.6 is 12.2 Å². The molecule has 0 aliphatic carbocycles. The lowest BCUT2D eigenvalue weighted by Gasteiger charge is -2.15. The first-order valence-electron chi connectivity index (χ1n) is 6.78. The Bertz CT molecular complexity index is 744. The van der Waals surface area contributed by atoms with Gasteiger partial charge in [0.25, 0.3) is 5.69 Å². The number of nitro groups is 1. The molecule has 0 aliphatic heterocycles. The normalized spacial score (nSPS) is 10.1. The van der Waals surface area contributed by atoms with Gasteiger partial charge in [0.15, 0.2) is 5.11 Å². The van der Waals surface area contributed by atoms with Crippen LogP contribution in [0.15, 0.2) is 36.4 Å². The zero-order chi connectivity index (χ0) is 16.3. The van der Waals surface area contributed by atoms with Crippen molar-refractivity contribution in [3.63, 3.8) is 0 Å². The molecule has 0 saturated carbocycles. The largest absolute Gasteiger partial charge is 0.332 e. The first kappa shape index (κ1) is 15.9. The monoisotopic (exact) mass is 315 g/mol. The molecule has 0 aliphatic rings. The predicted molar refractivity (Wildman–Crippen MR) is 93.6 cm³/mol. The van der Waals surface area contributed by atoms with E-state index in [1.807, 2.05) is 32.0 Å². The summed E-state index contributed by atoms with van der Waals surface area (Å²) in [5.41, 5.74) is 4.30. The molecule has 2 aromatic carbocycles. The summed E-state index contributed by atoms with van der Waals surface area (Å²) in [4.78, 5) is 10.7. The highest BCUT2D eigenvalue weighted by Gasteiger charge is 2.16. The third-order valence-corrected chi connectivity index (χ3v) is 3.74. The van der Waals surface area contributed by atoms with E-state index in [1.165, 1.54) is 6.07 Å². The molecule has 114 valence electrons. The summed E-state index contributed by atoms with van der Waals surface area (Å²) in [7, 11) is 0. The Hall–Kier alpha value is -2.47. The maximum atomic E-state index is 11.1. The number of nitrogens with one attached hydrogen (secondary N) is 2. The van der Waals surface area contributed by atoms with Gasteiger partial charge in [0.2, 0.25) is 0 Å². The second-order valence-corrected chi connectivity index (χ2v) is 5.46. The molecule has 0 saturated heterocycles. The lowest BCUT2D eigenvalue weighted by molar-refractivity contribution is -0.383. The Kier molecular flexibility index (Phi) is 4.72. The number of anilines is 2. The van der Waals surface area contributed by atoms with Gasteiger partial charge in [-0.25, -0.2) is 0 Å². The number of hydrogen-bond acceptors (Lipinski definition) is 3. The molecule has 0 amide bonds. The van der Waals surface area contributed by atoms with Crippen molar-refractivity contribution in [2.75, 3.05) is 10.6 Å². The summed E-state index contributed by atoms with van der Waals surface area (Å²) in [5.74, 6) is 0. The minimum Gasteiger partial charge on any atom is -0.332 e. The van der Waals surface area contributed by atoms with Gasteiger partial charge in [-0.05, 0) is 55.7 Å². The van der Waals surface area contributed by atoms with Crippen LogP contribution in [0.25, 0.3) is 0 Å². The molecule has 0 bridgehead atoms. The topological polar surface area (TPSA) is 67.2 Å². The van der Waals surface area contributed by atoms with Crippen LogP contribution in [-0.4, -0.2) is 10.0 Å². The van der Waals surface area contributed by atoms with Gasteiger partial charge in [0, 0.05) is 11.8 Å². The summed E-state index contributed by atoms with van der Waals surface area (Å²) in [6, 6.07) is 10.8. The van der Waals surface area contributed by atoms with Crippen LogP contribution in [0.2, 0.25) is 0 Å². The van der Waals surface area contributed by atoms with Gasteiger partial charge in [-0.1, -0.05) is 24.3 Å². The van der Waals surface area contributed by atoms with E-state index in [-0.39, 0.29) is 5.69 Å². The smallest absolute Gasteiger partial charge is 0.293 e. The lowest BCUT2D eigenvalue weighted by Crippen LogP contribution is -2.21. The number of aryl methyl sites for hydroxylation is 2. The minimum atomic E-state index is -0.421. The number of benzene rings is 2. The van der Waals surface area contributed by atoms with Gasteiger partial charge < -0.3 is 10.6 Å². The number of thiocarbonyl (C=S) groups is 1.